The molecule has 0 aliphatic rings. The van der Waals surface area contributed by atoms with Crippen molar-refractivity contribution in [1.29, 1.82) is 0 Å². The number of aromatic nitrogens is 1. The predicted molar refractivity (Wildman–Crippen MR) is 81.2 cm³/mol. The van der Waals surface area contributed by atoms with Gasteiger partial charge in [-0.2, -0.15) is 13.2 Å². The number of carbonyl (C=O) groups is 1. The van der Waals surface area contributed by atoms with Crippen LogP contribution in [0, 0.1) is 0 Å². The summed E-state index contributed by atoms with van der Waals surface area (Å²) < 4.78 is 41.8. The fourth-order valence-corrected chi connectivity index (χ4v) is 2.08. The van der Waals surface area contributed by atoms with Crippen molar-refractivity contribution in [1.82, 2.24) is 4.98 Å². The quantitative estimate of drug-likeness (QED) is 0.700. The highest BCUT2D eigenvalue weighted by molar-refractivity contribution is 6.42. The molecule has 1 heterocycles. The number of nitrogens with zero attached hydrogens (tertiary/aromatic N) is 1. The summed E-state index contributed by atoms with van der Waals surface area (Å²) in [5.74, 6) is -0.521. The summed E-state index contributed by atoms with van der Waals surface area (Å²) in [6.45, 7) is -0.167. The molecule has 23 heavy (non-hydrogen) atoms. The molecule has 2 aromatic rings. The molecule has 0 aliphatic heterocycles. The van der Waals surface area contributed by atoms with E-state index in [1.807, 2.05) is 0 Å². The monoisotopic (exact) mass is 363 g/mol. The summed E-state index contributed by atoms with van der Waals surface area (Å²) in [7, 11) is 0. The second kappa shape index (κ2) is 6.76. The number of alkyl halides is 3. The molecular formula is C15H10Cl2F3NO2. The van der Waals surface area contributed by atoms with E-state index < -0.39 is 12.8 Å². The van der Waals surface area contributed by atoms with E-state index in [0.717, 1.165) is 6.20 Å². The van der Waals surface area contributed by atoms with Gasteiger partial charge in [-0.3, -0.25) is 4.79 Å². The summed E-state index contributed by atoms with van der Waals surface area (Å²) in [6.07, 6.45) is -3.34. The van der Waals surface area contributed by atoms with Crippen molar-refractivity contribution in [2.45, 2.75) is 13.1 Å². The third-order valence-electron chi connectivity index (χ3n) is 2.86. The van der Waals surface area contributed by atoms with Gasteiger partial charge in [-0.25, -0.2) is 4.98 Å². The molecule has 0 spiro atoms. The Kier molecular flexibility index (Phi) is 5.16. The summed E-state index contributed by atoms with van der Waals surface area (Å²) in [4.78, 5) is 15.3. The van der Waals surface area contributed by atoms with E-state index in [2.05, 4.69) is 4.98 Å². The molecule has 0 atom stereocenters. The van der Waals surface area contributed by atoms with Crippen LogP contribution in [0.3, 0.4) is 0 Å². The molecule has 122 valence electrons. The van der Waals surface area contributed by atoms with Gasteiger partial charge in [0.2, 0.25) is 5.88 Å². The van der Waals surface area contributed by atoms with Crippen LogP contribution < -0.4 is 4.74 Å². The number of halogens is 5. The molecular weight excluding hydrogens is 354 g/mol. The molecule has 1 aromatic carbocycles. The number of rotatable bonds is 4. The normalized spacial score (nSPS) is 11.4. The van der Waals surface area contributed by atoms with Gasteiger partial charge in [0.1, 0.15) is 0 Å². The molecule has 0 unspecified atom stereocenters. The summed E-state index contributed by atoms with van der Waals surface area (Å²) in [5.41, 5.74) is 0.901. The summed E-state index contributed by atoms with van der Waals surface area (Å²) in [5, 5.41) is 0.517. The Balaban J connectivity index is 2.49. The summed E-state index contributed by atoms with van der Waals surface area (Å²) in [6, 6.07) is 5.91. The molecule has 0 bridgehead atoms. The van der Waals surface area contributed by atoms with Crippen LogP contribution in [0.15, 0.2) is 30.5 Å². The van der Waals surface area contributed by atoms with Crippen LogP contribution in [-0.4, -0.2) is 23.6 Å². The van der Waals surface area contributed by atoms with Gasteiger partial charge >= 0.3 is 6.18 Å². The first-order chi connectivity index (χ1) is 10.7. The van der Waals surface area contributed by atoms with Crippen LogP contribution >= 0.6 is 23.2 Å². The zero-order valence-corrected chi connectivity index (χ0v) is 13.3. The van der Waals surface area contributed by atoms with Crippen molar-refractivity contribution in [3.8, 4) is 17.0 Å². The zero-order valence-electron chi connectivity index (χ0n) is 11.7. The number of pyridine rings is 1. The van der Waals surface area contributed by atoms with Gasteiger partial charge in [0.25, 0.3) is 0 Å². The first-order valence-electron chi connectivity index (χ1n) is 6.33. The van der Waals surface area contributed by atoms with E-state index in [-0.39, 0.29) is 27.8 Å². The van der Waals surface area contributed by atoms with Crippen molar-refractivity contribution < 1.29 is 22.7 Å². The van der Waals surface area contributed by atoms with Crippen molar-refractivity contribution >= 4 is 29.0 Å². The lowest BCUT2D eigenvalue weighted by molar-refractivity contribution is -0.154. The fourth-order valence-electron chi connectivity index (χ4n) is 1.78. The molecule has 2 rings (SSSR count). The van der Waals surface area contributed by atoms with Gasteiger partial charge < -0.3 is 4.74 Å². The lowest BCUT2D eigenvalue weighted by Crippen LogP contribution is -2.20. The number of hydrogen-bond donors (Lipinski definition) is 0. The molecule has 0 saturated heterocycles. The van der Waals surface area contributed by atoms with Crippen molar-refractivity contribution in [2.75, 3.05) is 6.61 Å². The highest BCUT2D eigenvalue weighted by Gasteiger charge is 2.29. The average molecular weight is 364 g/mol. The van der Waals surface area contributed by atoms with Gasteiger partial charge in [0, 0.05) is 17.3 Å². The zero-order chi connectivity index (χ0) is 17.2. The Bertz CT molecular complexity index is 748. The van der Waals surface area contributed by atoms with Gasteiger partial charge in [-0.15, -0.1) is 0 Å². The summed E-state index contributed by atoms with van der Waals surface area (Å²) >= 11 is 11.8. The van der Waals surface area contributed by atoms with E-state index in [0.29, 0.717) is 10.6 Å². The number of benzene rings is 1. The van der Waals surface area contributed by atoms with E-state index in [9.17, 15) is 18.0 Å². The van der Waals surface area contributed by atoms with E-state index >= 15 is 0 Å². The number of hydrogen-bond acceptors (Lipinski definition) is 3. The molecule has 0 fully saturated rings. The lowest BCUT2D eigenvalue weighted by atomic mass is 10.0. The smallest absolute Gasteiger partial charge is 0.422 e. The fraction of sp³-hybridized carbons (Fsp3) is 0.200. The largest absolute Gasteiger partial charge is 0.468 e. The van der Waals surface area contributed by atoms with Gasteiger partial charge in [0.15, 0.2) is 12.4 Å². The maximum Gasteiger partial charge on any atom is 0.422 e. The highest BCUT2D eigenvalue weighted by atomic mass is 35.5. The Morgan fingerprint density at radius 2 is 1.91 bits per heavy atom. The van der Waals surface area contributed by atoms with Crippen LogP contribution in [-0.2, 0) is 0 Å². The SMILES string of the molecule is CC(=O)c1cnc(OCC(F)(F)F)c(-c2ccc(Cl)c(Cl)c2)c1. The maximum absolute atomic E-state index is 12.4. The third-order valence-corrected chi connectivity index (χ3v) is 3.60. The van der Waals surface area contributed by atoms with Crippen LogP contribution in [0.25, 0.3) is 11.1 Å². The van der Waals surface area contributed by atoms with Crippen LogP contribution in [0.2, 0.25) is 10.0 Å². The van der Waals surface area contributed by atoms with Crippen molar-refractivity contribution in [3.63, 3.8) is 0 Å². The van der Waals surface area contributed by atoms with E-state index in [4.69, 9.17) is 27.9 Å². The molecule has 3 nitrogen and oxygen atoms in total. The highest BCUT2D eigenvalue weighted by Crippen LogP contribution is 2.34. The Morgan fingerprint density at radius 3 is 2.48 bits per heavy atom. The molecule has 0 amide bonds. The van der Waals surface area contributed by atoms with Crippen molar-refractivity contribution in [3.05, 3.63) is 46.1 Å². The Morgan fingerprint density at radius 1 is 1.22 bits per heavy atom. The van der Waals surface area contributed by atoms with E-state index in [1.54, 1.807) is 6.07 Å². The molecule has 0 radical (unpaired) electrons. The number of ketones is 1. The molecule has 0 saturated carbocycles. The third kappa shape index (κ3) is 4.59. The molecule has 8 heteroatoms. The molecule has 0 N–H and O–H groups in total. The second-order valence-electron chi connectivity index (χ2n) is 4.67. The van der Waals surface area contributed by atoms with Crippen LogP contribution in [0.4, 0.5) is 13.2 Å². The maximum atomic E-state index is 12.4. The first kappa shape index (κ1) is 17.6. The Labute approximate surface area is 140 Å². The van der Waals surface area contributed by atoms with Crippen LogP contribution in [0.1, 0.15) is 17.3 Å². The minimum absolute atomic E-state index is 0.221. The average Bonchev–Trinajstić information content (AvgIpc) is 2.47. The van der Waals surface area contributed by atoms with Crippen molar-refractivity contribution in [2.24, 2.45) is 0 Å². The predicted octanol–water partition coefficient (Wildman–Crippen LogP) is 5.20. The number of carbonyl (C=O) groups excluding carboxylic acids is 1. The minimum atomic E-state index is -4.50. The topological polar surface area (TPSA) is 39.2 Å². The number of ether oxygens (including phenoxy) is 1. The number of Topliss-reactive ketones (excluding diaryl/α,β-unsaturated/α-hetero) is 1. The van der Waals surface area contributed by atoms with E-state index in [1.165, 1.54) is 25.1 Å². The standard InChI is InChI=1S/C15H10Cl2F3NO2/c1-8(22)10-4-11(9-2-3-12(16)13(17)5-9)14(21-6-10)23-7-15(18,19)20/h2-6H,7H2,1H3. The van der Waals surface area contributed by atoms with Crippen LogP contribution in [0.5, 0.6) is 5.88 Å². The molecule has 1 aromatic heterocycles. The van der Waals surface area contributed by atoms with Gasteiger partial charge in [-0.1, -0.05) is 29.3 Å². The first-order valence-corrected chi connectivity index (χ1v) is 7.09. The lowest BCUT2D eigenvalue weighted by Gasteiger charge is -2.13. The Hall–Kier alpha value is -1.79. The van der Waals surface area contributed by atoms with Gasteiger partial charge in [-0.05, 0) is 30.7 Å². The minimum Gasteiger partial charge on any atom is -0.468 e. The second-order valence-corrected chi connectivity index (χ2v) is 5.48. The molecule has 0 aliphatic carbocycles. The van der Waals surface area contributed by atoms with Gasteiger partial charge in [0.05, 0.1) is 10.0 Å².